The van der Waals surface area contributed by atoms with E-state index in [1.165, 1.54) is 5.56 Å². The molecule has 4 heteroatoms. The molecule has 1 N–H and O–H groups in total. The van der Waals surface area contributed by atoms with Gasteiger partial charge in [0.05, 0.1) is 18.2 Å². The zero-order valence-corrected chi connectivity index (χ0v) is 14.1. The summed E-state index contributed by atoms with van der Waals surface area (Å²) in [6.07, 6.45) is 2.19. The molecule has 0 aliphatic carbocycles. The van der Waals surface area contributed by atoms with E-state index in [0.717, 1.165) is 36.2 Å². The Kier molecular flexibility index (Phi) is 5.47. The second-order valence-electron chi connectivity index (χ2n) is 5.37. The molecule has 1 aliphatic rings. The smallest absolute Gasteiger partial charge is 0.124 e. The monoisotopic (exact) mass is 341 g/mol. The Labute approximate surface area is 130 Å². The quantitative estimate of drug-likeness (QED) is 0.845. The molecule has 2 rings (SSSR count). The van der Waals surface area contributed by atoms with Crippen molar-refractivity contribution in [1.29, 1.82) is 0 Å². The van der Waals surface area contributed by atoms with Gasteiger partial charge in [-0.3, -0.25) is 0 Å². The zero-order valence-electron chi connectivity index (χ0n) is 12.5. The molecular weight excluding hydrogens is 318 g/mol. The molecule has 1 heterocycles. The number of halogens is 1. The Balaban J connectivity index is 2.39. The van der Waals surface area contributed by atoms with Crippen molar-refractivity contribution in [3.05, 3.63) is 28.2 Å². The van der Waals surface area contributed by atoms with Gasteiger partial charge < -0.3 is 14.8 Å². The average Bonchev–Trinajstić information content (AvgIpc) is 2.86. The van der Waals surface area contributed by atoms with Gasteiger partial charge in [0.15, 0.2) is 0 Å². The highest BCUT2D eigenvalue weighted by atomic mass is 79.9. The number of likely N-dealkylation sites (N-methyl/N-ethyl adjacent to an activating group) is 1. The van der Waals surface area contributed by atoms with Crippen molar-refractivity contribution < 1.29 is 9.47 Å². The molecule has 2 unspecified atom stereocenters. The second-order valence-corrected chi connectivity index (χ2v) is 6.29. The third-order valence-electron chi connectivity index (χ3n) is 3.85. The fraction of sp³-hybridized carbons (Fsp3) is 0.625. The molecule has 0 saturated carbocycles. The Hall–Kier alpha value is -0.580. The molecule has 2 atom stereocenters. The maximum Gasteiger partial charge on any atom is 0.124 e. The summed E-state index contributed by atoms with van der Waals surface area (Å²) < 4.78 is 12.9. The lowest BCUT2D eigenvalue weighted by atomic mass is 9.87. The number of hydrogen-bond donors (Lipinski definition) is 1. The van der Waals surface area contributed by atoms with Crippen LogP contribution in [0.3, 0.4) is 0 Å². The van der Waals surface area contributed by atoms with E-state index in [1.54, 1.807) is 0 Å². The van der Waals surface area contributed by atoms with Crippen molar-refractivity contribution in [1.82, 2.24) is 5.32 Å². The van der Waals surface area contributed by atoms with E-state index >= 15 is 0 Å². The van der Waals surface area contributed by atoms with Gasteiger partial charge in [0, 0.05) is 16.6 Å². The highest BCUT2D eigenvalue weighted by molar-refractivity contribution is 9.10. The van der Waals surface area contributed by atoms with E-state index in [4.69, 9.17) is 9.47 Å². The molecule has 0 amide bonds. The van der Waals surface area contributed by atoms with Gasteiger partial charge >= 0.3 is 0 Å². The van der Waals surface area contributed by atoms with Crippen molar-refractivity contribution in [2.75, 3.05) is 19.8 Å². The molecule has 1 aromatic rings. The lowest BCUT2D eigenvalue weighted by Crippen LogP contribution is -2.41. The number of rotatable bonds is 6. The van der Waals surface area contributed by atoms with E-state index in [-0.39, 0.29) is 11.6 Å². The van der Waals surface area contributed by atoms with Gasteiger partial charge in [0.25, 0.3) is 0 Å². The maximum atomic E-state index is 6.05. The first-order valence-electron chi connectivity index (χ1n) is 7.40. The number of ether oxygens (including phenoxy) is 2. The summed E-state index contributed by atoms with van der Waals surface area (Å²) in [5.74, 6) is 0.943. The number of nitrogens with one attached hydrogen (secondary N) is 1. The zero-order chi connectivity index (χ0) is 14.6. The first-order valence-corrected chi connectivity index (χ1v) is 8.19. The first-order chi connectivity index (χ1) is 9.60. The average molecular weight is 342 g/mol. The molecule has 0 bridgehead atoms. The predicted molar refractivity (Wildman–Crippen MR) is 85.3 cm³/mol. The van der Waals surface area contributed by atoms with Gasteiger partial charge in [-0.25, -0.2) is 0 Å². The first kappa shape index (κ1) is 15.8. The molecule has 1 fully saturated rings. The molecule has 112 valence electrons. The normalized spacial score (nSPS) is 23.8. The van der Waals surface area contributed by atoms with Crippen molar-refractivity contribution in [2.24, 2.45) is 0 Å². The van der Waals surface area contributed by atoms with Gasteiger partial charge in [0.2, 0.25) is 0 Å². The van der Waals surface area contributed by atoms with Gasteiger partial charge in [-0.05, 0) is 51.4 Å². The molecule has 20 heavy (non-hydrogen) atoms. The van der Waals surface area contributed by atoms with E-state index in [2.05, 4.69) is 41.2 Å². The summed E-state index contributed by atoms with van der Waals surface area (Å²) in [6, 6.07) is 6.35. The van der Waals surface area contributed by atoms with E-state index in [9.17, 15) is 0 Å². The van der Waals surface area contributed by atoms with Gasteiger partial charge in [0.1, 0.15) is 5.75 Å². The highest BCUT2D eigenvalue weighted by Crippen LogP contribution is 2.41. The lowest BCUT2D eigenvalue weighted by Gasteiger charge is -2.35. The van der Waals surface area contributed by atoms with E-state index < -0.39 is 0 Å². The summed E-state index contributed by atoms with van der Waals surface area (Å²) in [5.41, 5.74) is 1.01. The van der Waals surface area contributed by atoms with Crippen LogP contribution in [-0.2, 0) is 4.74 Å². The van der Waals surface area contributed by atoms with Crippen molar-refractivity contribution in [3.8, 4) is 5.75 Å². The van der Waals surface area contributed by atoms with Gasteiger partial charge in [-0.1, -0.05) is 22.9 Å². The summed E-state index contributed by atoms with van der Waals surface area (Å²) in [4.78, 5) is 0. The van der Waals surface area contributed by atoms with Crippen molar-refractivity contribution in [2.45, 2.75) is 45.3 Å². The van der Waals surface area contributed by atoms with Crippen LogP contribution in [0.15, 0.2) is 22.7 Å². The standard InChI is InChI=1S/C16H24BrNO2/c1-4-18-15(16(3)9-6-10-20-16)13-11-12(17)7-8-14(13)19-5-2/h7-8,11,15,18H,4-6,9-10H2,1-3H3. The molecule has 1 saturated heterocycles. The Morgan fingerprint density at radius 1 is 1.45 bits per heavy atom. The van der Waals surface area contributed by atoms with Crippen molar-refractivity contribution >= 4 is 15.9 Å². The summed E-state index contributed by atoms with van der Waals surface area (Å²) in [5, 5.41) is 3.58. The molecule has 1 aromatic carbocycles. The summed E-state index contributed by atoms with van der Waals surface area (Å²) >= 11 is 3.57. The predicted octanol–water partition coefficient (Wildman–Crippen LogP) is 4.07. The minimum absolute atomic E-state index is 0.147. The fourth-order valence-corrected chi connectivity index (χ4v) is 3.30. The second kappa shape index (κ2) is 6.92. The Bertz CT molecular complexity index is 444. The summed E-state index contributed by atoms with van der Waals surface area (Å²) in [7, 11) is 0. The van der Waals surface area contributed by atoms with E-state index in [0.29, 0.717) is 6.61 Å². The van der Waals surface area contributed by atoms with E-state index in [1.807, 2.05) is 19.1 Å². The molecule has 0 spiro atoms. The van der Waals surface area contributed by atoms with Crippen LogP contribution in [-0.4, -0.2) is 25.4 Å². The van der Waals surface area contributed by atoms with Crippen LogP contribution >= 0.6 is 15.9 Å². The lowest BCUT2D eigenvalue weighted by molar-refractivity contribution is -0.0127. The topological polar surface area (TPSA) is 30.5 Å². The molecule has 0 radical (unpaired) electrons. The van der Waals surface area contributed by atoms with Crippen LogP contribution in [0.1, 0.15) is 45.2 Å². The van der Waals surface area contributed by atoms with Crippen LogP contribution in [0.4, 0.5) is 0 Å². The Morgan fingerprint density at radius 3 is 2.85 bits per heavy atom. The third-order valence-corrected chi connectivity index (χ3v) is 4.34. The number of benzene rings is 1. The minimum atomic E-state index is -0.164. The molecule has 3 nitrogen and oxygen atoms in total. The number of hydrogen-bond acceptors (Lipinski definition) is 3. The van der Waals surface area contributed by atoms with Crippen LogP contribution in [0.5, 0.6) is 5.75 Å². The Morgan fingerprint density at radius 2 is 2.25 bits per heavy atom. The molecular formula is C16H24BrNO2. The van der Waals surface area contributed by atoms with Crippen LogP contribution < -0.4 is 10.1 Å². The largest absolute Gasteiger partial charge is 0.494 e. The van der Waals surface area contributed by atoms with Crippen molar-refractivity contribution in [3.63, 3.8) is 0 Å². The van der Waals surface area contributed by atoms with Crippen LogP contribution in [0, 0.1) is 0 Å². The SMILES string of the molecule is CCNC(c1cc(Br)ccc1OCC)C1(C)CCCO1. The third kappa shape index (κ3) is 3.35. The van der Waals surface area contributed by atoms with Gasteiger partial charge in [-0.2, -0.15) is 0 Å². The fourth-order valence-electron chi connectivity index (χ4n) is 2.92. The molecule has 0 aromatic heterocycles. The molecule has 1 aliphatic heterocycles. The highest BCUT2D eigenvalue weighted by Gasteiger charge is 2.40. The van der Waals surface area contributed by atoms with Gasteiger partial charge in [-0.15, -0.1) is 0 Å². The van der Waals surface area contributed by atoms with Crippen LogP contribution in [0.2, 0.25) is 0 Å². The maximum absolute atomic E-state index is 6.05. The van der Waals surface area contributed by atoms with Crippen LogP contribution in [0.25, 0.3) is 0 Å². The minimum Gasteiger partial charge on any atom is -0.494 e. The summed E-state index contributed by atoms with van der Waals surface area (Å²) in [6.45, 7) is 8.76.